The third-order valence-electron chi connectivity index (χ3n) is 4.64. The lowest BCUT2D eigenvalue weighted by Gasteiger charge is -2.20. The molecule has 2 aromatic rings. The van der Waals surface area contributed by atoms with Crippen molar-refractivity contribution in [2.75, 3.05) is 31.2 Å². The number of aromatic nitrogens is 1. The second-order valence-corrected chi connectivity index (χ2v) is 6.55. The number of fused-ring (bicyclic) bond motifs is 1. The van der Waals surface area contributed by atoms with Gasteiger partial charge >= 0.3 is 5.97 Å². The molecule has 27 heavy (non-hydrogen) atoms. The number of aromatic carboxylic acids is 1. The minimum atomic E-state index is -1.00. The zero-order chi connectivity index (χ0) is 18.8. The van der Waals surface area contributed by atoms with Crippen molar-refractivity contribution >= 4 is 11.8 Å². The van der Waals surface area contributed by atoms with Gasteiger partial charge in [0.1, 0.15) is 35.7 Å². The summed E-state index contributed by atoms with van der Waals surface area (Å²) in [5.41, 5.74) is 0.153. The third kappa shape index (κ3) is 4.01. The normalized spacial score (nSPS) is 22.9. The van der Waals surface area contributed by atoms with Crippen LogP contribution in [0.1, 0.15) is 10.4 Å². The van der Waals surface area contributed by atoms with E-state index in [4.69, 9.17) is 19.3 Å². The van der Waals surface area contributed by atoms with E-state index < -0.39 is 5.97 Å². The van der Waals surface area contributed by atoms with Gasteiger partial charge in [0.2, 0.25) is 0 Å². The minimum Gasteiger partial charge on any atom is -0.486 e. The van der Waals surface area contributed by atoms with Crippen molar-refractivity contribution < 1.29 is 28.5 Å². The average Bonchev–Trinajstić information content (AvgIpc) is 3.00. The van der Waals surface area contributed by atoms with E-state index in [0.717, 1.165) is 0 Å². The van der Waals surface area contributed by atoms with Crippen molar-refractivity contribution in [1.82, 2.24) is 4.98 Å². The largest absolute Gasteiger partial charge is 0.486 e. The smallest absolute Gasteiger partial charge is 0.337 e. The molecule has 2 fully saturated rings. The van der Waals surface area contributed by atoms with Crippen LogP contribution in [0.15, 0.2) is 42.6 Å². The summed E-state index contributed by atoms with van der Waals surface area (Å²) in [6.45, 7) is 1.95. The Morgan fingerprint density at radius 1 is 1.11 bits per heavy atom. The summed E-state index contributed by atoms with van der Waals surface area (Å²) < 4.78 is 30.7. The Morgan fingerprint density at radius 2 is 1.78 bits per heavy atom. The average molecular weight is 374 g/mol. The Labute approximate surface area is 155 Å². The quantitative estimate of drug-likeness (QED) is 0.876. The van der Waals surface area contributed by atoms with Crippen molar-refractivity contribution in [2.24, 2.45) is 0 Å². The Hall–Kier alpha value is -2.71. The van der Waals surface area contributed by atoms with Gasteiger partial charge in [-0.1, -0.05) is 0 Å². The van der Waals surface area contributed by atoms with Crippen LogP contribution >= 0.6 is 0 Å². The lowest BCUT2D eigenvalue weighted by Crippen LogP contribution is -2.29. The van der Waals surface area contributed by atoms with Gasteiger partial charge in [0.25, 0.3) is 0 Å². The van der Waals surface area contributed by atoms with Crippen molar-refractivity contribution in [2.45, 2.75) is 18.3 Å². The lowest BCUT2D eigenvalue weighted by molar-refractivity contribution is -0.00461. The lowest BCUT2D eigenvalue weighted by atomic mass is 10.3. The van der Waals surface area contributed by atoms with Crippen LogP contribution in [-0.2, 0) is 9.47 Å². The van der Waals surface area contributed by atoms with Crippen molar-refractivity contribution in [3.8, 4) is 5.75 Å². The molecule has 4 rings (SSSR count). The van der Waals surface area contributed by atoms with Crippen LogP contribution in [0.25, 0.3) is 0 Å². The minimum absolute atomic E-state index is 0.118. The molecule has 7 nitrogen and oxygen atoms in total. The van der Waals surface area contributed by atoms with E-state index in [2.05, 4.69) is 4.98 Å². The number of hydrogen-bond acceptors (Lipinski definition) is 6. The highest BCUT2D eigenvalue weighted by Gasteiger charge is 2.38. The molecule has 0 radical (unpaired) electrons. The molecule has 1 aromatic heterocycles. The highest BCUT2D eigenvalue weighted by atomic mass is 19.1. The summed E-state index contributed by atoms with van der Waals surface area (Å²) in [7, 11) is 0. The first kappa shape index (κ1) is 17.7. The second-order valence-electron chi connectivity index (χ2n) is 6.55. The van der Waals surface area contributed by atoms with E-state index in [9.17, 15) is 9.18 Å². The van der Waals surface area contributed by atoms with E-state index in [-0.39, 0.29) is 29.7 Å². The van der Waals surface area contributed by atoms with Crippen LogP contribution in [0, 0.1) is 5.82 Å². The fourth-order valence-corrected chi connectivity index (χ4v) is 3.23. The van der Waals surface area contributed by atoms with Gasteiger partial charge in [-0.3, -0.25) is 0 Å². The Bertz CT molecular complexity index is 783. The summed E-state index contributed by atoms with van der Waals surface area (Å²) in [6, 6.07) is 9.08. The fraction of sp³-hybridized carbons (Fsp3) is 0.368. The number of carboxylic acids is 1. The van der Waals surface area contributed by atoms with E-state index in [0.29, 0.717) is 37.9 Å². The first-order chi connectivity index (χ1) is 13.1. The number of ether oxygens (including phenoxy) is 3. The van der Waals surface area contributed by atoms with Gasteiger partial charge in [-0.25, -0.2) is 14.2 Å². The van der Waals surface area contributed by atoms with E-state index in [1.807, 2.05) is 4.90 Å². The first-order valence-electron chi connectivity index (χ1n) is 8.68. The standard InChI is InChI=1S/C19H19FN2O5/c20-13-2-4-14(5-3-13)27-15-10-25-16-8-22(9-17(16)26-11-15)18-6-1-12(7-21-18)19(23)24/h1-7,15-17H,8-11H2,(H,23,24)/t16-,17-/m0/s1. The first-order valence-corrected chi connectivity index (χ1v) is 8.68. The Balaban J connectivity index is 1.34. The van der Waals surface area contributed by atoms with E-state index in [1.54, 1.807) is 18.2 Å². The van der Waals surface area contributed by atoms with Gasteiger partial charge < -0.3 is 24.2 Å². The number of carboxylic acid groups (broad SMARTS) is 1. The number of anilines is 1. The molecule has 0 spiro atoms. The zero-order valence-electron chi connectivity index (χ0n) is 14.5. The van der Waals surface area contributed by atoms with Gasteiger partial charge in [-0.2, -0.15) is 0 Å². The number of nitrogens with zero attached hydrogens (tertiary/aromatic N) is 2. The maximum atomic E-state index is 13.0. The Morgan fingerprint density at radius 3 is 2.33 bits per heavy atom. The fourth-order valence-electron chi connectivity index (χ4n) is 3.23. The van der Waals surface area contributed by atoms with Crippen molar-refractivity contribution in [3.05, 3.63) is 54.0 Å². The summed E-state index contributed by atoms with van der Waals surface area (Å²) in [6.07, 6.45) is 0.850. The third-order valence-corrected chi connectivity index (χ3v) is 4.64. The van der Waals surface area contributed by atoms with Crippen LogP contribution in [0.2, 0.25) is 0 Å². The molecule has 1 aromatic carbocycles. The summed E-state index contributed by atoms with van der Waals surface area (Å²) in [5, 5.41) is 8.96. The molecular formula is C19H19FN2O5. The number of pyridine rings is 1. The van der Waals surface area contributed by atoms with E-state index in [1.165, 1.54) is 24.4 Å². The van der Waals surface area contributed by atoms with Crippen molar-refractivity contribution in [3.63, 3.8) is 0 Å². The molecule has 2 aliphatic heterocycles. The van der Waals surface area contributed by atoms with Crippen LogP contribution in [0.3, 0.4) is 0 Å². The molecule has 0 aliphatic carbocycles. The van der Waals surface area contributed by atoms with Crippen LogP contribution in [-0.4, -0.2) is 60.7 Å². The molecular weight excluding hydrogens is 355 g/mol. The molecule has 1 N–H and O–H groups in total. The zero-order valence-corrected chi connectivity index (χ0v) is 14.5. The maximum Gasteiger partial charge on any atom is 0.337 e. The molecule has 2 atom stereocenters. The predicted molar refractivity (Wildman–Crippen MR) is 93.7 cm³/mol. The van der Waals surface area contributed by atoms with Gasteiger partial charge in [-0.05, 0) is 36.4 Å². The summed E-state index contributed by atoms with van der Waals surface area (Å²) >= 11 is 0. The number of benzene rings is 1. The molecule has 8 heteroatoms. The predicted octanol–water partition coefficient (Wildman–Crippen LogP) is 1.97. The number of rotatable bonds is 4. The summed E-state index contributed by atoms with van der Waals surface area (Å²) in [5.74, 6) is -0.0424. The van der Waals surface area contributed by atoms with Gasteiger partial charge in [0.15, 0.2) is 0 Å². The molecule has 0 saturated carbocycles. The molecule has 2 saturated heterocycles. The molecule has 0 bridgehead atoms. The van der Waals surface area contributed by atoms with Crippen LogP contribution in [0.5, 0.6) is 5.75 Å². The van der Waals surface area contributed by atoms with Gasteiger partial charge in [0, 0.05) is 19.3 Å². The Kier molecular flexibility index (Phi) is 4.91. The maximum absolute atomic E-state index is 13.0. The van der Waals surface area contributed by atoms with Gasteiger partial charge in [0.05, 0.1) is 18.8 Å². The monoisotopic (exact) mass is 374 g/mol. The molecule has 0 unspecified atom stereocenters. The van der Waals surface area contributed by atoms with Crippen LogP contribution < -0.4 is 9.64 Å². The molecule has 2 aliphatic rings. The molecule has 0 amide bonds. The molecule has 142 valence electrons. The van der Waals surface area contributed by atoms with Crippen molar-refractivity contribution in [1.29, 1.82) is 0 Å². The summed E-state index contributed by atoms with van der Waals surface area (Å²) in [4.78, 5) is 17.2. The molecule has 3 heterocycles. The van der Waals surface area contributed by atoms with Crippen LogP contribution in [0.4, 0.5) is 10.2 Å². The number of hydrogen-bond donors (Lipinski definition) is 1. The highest BCUT2D eigenvalue weighted by Crippen LogP contribution is 2.25. The van der Waals surface area contributed by atoms with Gasteiger partial charge in [-0.15, -0.1) is 0 Å². The number of carbonyl (C=O) groups is 1. The number of halogens is 1. The topological polar surface area (TPSA) is 81.1 Å². The van der Waals surface area contributed by atoms with E-state index >= 15 is 0 Å². The highest BCUT2D eigenvalue weighted by molar-refractivity contribution is 5.87. The second kappa shape index (κ2) is 7.50. The SMILES string of the molecule is O=C(O)c1ccc(N2C[C@@H]3OCC(Oc4ccc(F)cc4)CO[C@H]3C2)nc1.